The summed E-state index contributed by atoms with van der Waals surface area (Å²) in [4.78, 5) is 31.8. The van der Waals surface area contributed by atoms with Gasteiger partial charge in [0.15, 0.2) is 6.23 Å². The molecule has 0 radical (unpaired) electrons. The fourth-order valence-corrected chi connectivity index (χ4v) is 4.18. The Bertz CT molecular complexity index is 937. The largest absolute Gasteiger partial charge is 0.436 e. The zero-order valence-corrected chi connectivity index (χ0v) is 19.2. The maximum absolute atomic E-state index is 13.2. The Morgan fingerprint density at radius 3 is 2.53 bits per heavy atom. The van der Waals surface area contributed by atoms with Crippen molar-refractivity contribution in [3.63, 3.8) is 0 Å². The van der Waals surface area contributed by atoms with Gasteiger partial charge >= 0.3 is 18.2 Å². The number of anilines is 1. The minimum absolute atomic E-state index is 0.0103. The Morgan fingerprint density at radius 1 is 1.31 bits per heavy atom. The molecule has 3 rings (SSSR count). The van der Waals surface area contributed by atoms with Crippen molar-refractivity contribution in [1.29, 1.82) is 0 Å². The van der Waals surface area contributed by atoms with Gasteiger partial charge in [-0.3, -0.25) is 9.69 Å². The lowest BCUT2D eigenvalue weighted by Crippen LogP contribution is -2.43. The number of allylic oxidation sites excluding steroid dienone is 1. The molecule has 0 aromatic carbocycles. The van der Waals surface area contributed by atoms with Gasteiger partial charge in [-0.1, -0.05) is 37.0 Å². The minimum atomic E-state index is -4.64. The Morgan fingerprint density at radius 2 is 1.97 bits per heavy atom. The molecule has 0 spiro atoms. The fraction of sp³-hybridized carbons (Fsp3) is 0.550. The molecule has 2 aliphatic rings. The summed E-state index contributed by atoms with van der Waals surface area (Å²) in [7, 11) is 1.40. The number of carbonyl (C=O) groups is 2. The molecule has 1 saturated heterocycles. The third-order valence-corrected chi connectivity index (χ3v) is 6.00. The molecule has 2 fully saturated rings. The molecule has 2 unspecified atom stereocenters. The van der Waals surface area contributed by atoms with Crippen LogP contribution in [0.4, 0.5) is 23.8 Å². The first-order valence-electron chi connectivity index (χ1n) is 9.74. The SMILES string of the molecule is CCOC1C(OC(=O)[C@@H]2[C@@H](C=C(Cl)Cl)C2(C)C)N(c2cc(C(F)(F)F)ccn2)C(=O)N1C. The Balaban J connectivity index is 1.94. The van der Waals surface area contributed by atoms with Gasteiger partial charge in [-0.05, 0) is 36.5 Å². The first-order valence-corrected chi connectivity index (χ1v) is 10.5. The van der Waals surface area contributed by atoms with E-state index in [9.17, 15) is 22.8 Å². The average molecular weight is 496 g/mol. The number of nitrogens with zero attached hydrogens (tertiary/aromatic N) is 3. The summed E-state index contributed by atoms with van der Waals surface area (Å²) in [6.45, 7) is 5.50. The van der Waals surface area contributed by atoms with Crippen LogP contribution in [0.15, 0.2) is 28.9 Å². The summed E-state index contributed by atoms with van der Waals surface area (Å²) < 4.78 is 50.8. The highest BCUT2D eigenvalue weighted by atomic mass is 35.5. The standard InChI is InChI=1S/C20H22Cl2F3N3O4/c1-5-31-15-16(32-17(29)14-11(9-12(21)22)19(14,2)3)28(18(30)27(15)4)13-8-10(6-7-26-13)20(23,24)25/h6-9,11,14-16H,5H2,1-4H3/t11-,14+,15?,16?/m1/s1. The van der Waals surface area contributed by atoms with E-state index in [4.69, 9.17) is 32.7 Å². The molecule has 7 nitrogen and oxygen atoms in total. The quantitative estimate of drug-likeness (QED) is 0.530. The van der Waals surface area contributed by atoms with Gasteiger partial charge < -0.3 is 9.47 Å². The van der Waals surface area contributed by atoms with E-state index in [0.29, 0.717) is 0 Å². The first kappa shape index (κ1) is 24.6. The molecule has 2 amide bonds. The topological polar surface area (TPSA) is 72.0 Å². The van der Waals surface area contributed by atoms with Crippen LogP contribution < -0.4 is 4.90 Å². The number of halogens is 5. The average Bonchev–Trinajstić information content (AvgIpc) is 3.14. The Hall–Kier alpha value is -2.04. The van der Waals surface area contributed by atoms with Crippen LogP contribution in [0.3, 0.4) is 0 Å². The number of hydrogen-bond acceptors (Lipinski definition) is 5. The lowest BCUT2D eigenvalue weighted by Gasteiger charge is -2.26. The molecule has 0 bridgehead atoms. The summed E-state index contributed by atoms with van der Waals surface area (Å²) in [5.74, 6) is -1.86. The van der Waals surface area contributed by atoms with E-state index >= 15 is 0 Å². The van der Waals surface area contributed by atoms with Crippen LogP contribution in [0.5, 0.6) is 0 Å². The number of ether oxygens (including phenoxy) is 2. The predicted molar refractivity (Wildman–Crippen MR) is 111 cm³/mol. The molecular weight excluding hydrogens is 474 g/mol. The highest BCUT2D eigenvalue weighted by Gasteiger charge is 2.63. The third kappa shape index (κ3) is 4.53. The predicted octanol–water partition coefficient (Wildman–Crippen LogP) is 4.80. The number of rotatable bonds is 6. The third-order valence-electron chi connectivity index (χ3n) is 5.75. The fourth-order valence-electron chi connectivity index (χ4n) is 3.90. The summed E-state index contributed by atoms with van der Waals surface area (Å²) in [6.07, 6.45) is -4.56. The van der Waals surface area contributed by atoms with Crippen molar-refractivity contribution in [2.75, 3.05) is 18.6 Å². The monoisotopic (exact) mass is 495 g/mol. The van der Waals surface area contributed by atoms with Crippen molar-refractivity contribution >= 4 is 41.0 Å². The van der Waals surface area contributed by atoms with Gasteiger partial charge in [0.05, 0.1) is 11.5 Å². The number of hydrogen-bond donors (Lipinski definition) is 0. The lowest BCUT2D eigenvalue weighted by molar-refractivity contribution is -0.162. The number of esters is 1. The number of pyridine rings is 1. The maximum atomic E-state index is 13.2. The molecule has 2 heterocycles. The molecule has 1 aliphatic heterocycles. The van der Waals surface area contributed by atoms with E-state index in [0.717, 1.165) is 28.1 Å². The number of carbonyl (C=O) groups excluding carboxylic acids is 2. The number of aromatic nitrogens is 1. The summed E-state index contributed by atoms with van der Waals surface area (Å²) in [6, 6.07) is 0.790. The van der Waals surface area contributed by atoms with E-state index in [1.807, 2.05) is 13.8 Å². The van der Waals surface area contributed by atoms with Gasteiger partial charge in [-0.25, -0.2) is 14.7 Å². The van der Waals surface area contributed by atoms with E-state index in [2.05, 4.69) is 4.98 Å². The zero-order valence-electron chi connectivity index (χ0n) is 17.7. The van der Waals surface area contributed by atoms with Crippen molar-refractivity contribution < 1.29 is 32.2 Å². The van der Waals surface area contributed by atoms with Crippen LogP contribution in [-0.4, -0.2) is 48.0 Å². The van der Waals surface area contributed by atoms with Crippen molar-refractivity contribution in [3.05, 3.63) is 34.5 Å². The van der Waals surface area contributed by atoms with Crippen LogP contribution in [0, 0.1) is 17.3 Å². The second-order valence-electron chi connectivity index (χ2n) is 8.12. The molecule has 32 heavy (non-hydrogen) atoms. The number of alkyl halides is 3. The maximum Gasteiger partial charge on any atom is 0.416 e. The van der Waals surface area contributed by atoms with Gasteiger partial charge in [-0.2, -0.15) is 13.2 Å². The second-order valence-corrected chi connectivity index (χ2v) is 9.13. The first-order chi connectivity index (χ1) is 14.8. The normalized spacial score (nSPS) is 26.8. The van der Waals surface area contributed by atoms with Gasteiger partial charge in [0.2, 0.25) is 6.23 Å². The van der Waals surface area contributed by atoms with E-state index in [-0.39, 0.29) is 22.8 Å². The van der Waals surface area contributed by atoms with Crippen LogP contribution in [0.25, 0.3) is 0 Å². The van der Waals surface area contributed by atoms with E-state index in [1.54, 1.807) is 6.92 Å². The van der Waals surface area contributed by atoms with Gasteiger partial charge in [0, 0.05) is 19.9 Å². The summed E-state index contributed by atoms with van der Waals surface area (Å²) in [5.41, 5.74) is -1.49. The van der Waals surface area contributed by atoms with Crippen LogP contribution in [-0.2, 0) is 20.4 Å². The molecule has 1 saturated carbocycles. The van der Waals surface area contributed by atoms with Crippen LogP contribution in [0.2, 0.25) is 0 Å². The van der Waals surface area contributed by atoms with Crippen molar-refractivity contribution in [3.8, 4) is 0 Å². The van der Waals surface area contributed by atoms with E-state index < -0.39 is 47.5 Å². The van der Waals surface area contributed by atoms with Gasteiger partial charge in [0.25, 0.3) is 0 Å². The van der Waals surface area contributed by atoms with Crippen LogP contribution >= 0.6 is 23.2 Å². The van der Waals surface area contributed by atoms with Gasteiger partial charge in [-0.15, -0.1) is 0 Å². The second kappa shape index (κ2) is 8.72. The van der Waals surface area contributed by atoms with E-state index in [1.165, 1.54) is 13.1 Å². The molecule has 176 valence electrons. The van der Waals surface area contributed by atoms with Crippen molar-refractivity contribution in [1.82, 2.24) is 9.88 Å². The molecule has 1 aromatic heterocycles. The number of urea groups is 1. The summed E-state index contributed by atoms with van der Waals surface area (Å²) >= 11 is 11.5. The minimum Gasteiger partial charge on any atom is -0.436 e. The molecular formula is C20H22Cl2F3N3O4. The number of amides is 2. The molecule has 12 heteroatoms. The van der Waals surface area contributed by atoms with Crippen molar-refractivity contribution in [2.24, 2.45) is 17.3 Å². The van der Waals surface area contributed by atoms with Crippen LogP contribution in [0.1, 0.15) is 26.3 Å². The Kier molecular flexibility index (Phi) is 6.70. The Labute approximate surface area is 193 Å². The molecule has 4 atom stereocenters. The highest BCUT2D eigenvalue weighted by molar-refractivity contribution is 6.55. The lowest BCUT2D eigenvalue weighted by atomic mass is 10.1. The number of likely N-dealkylation sites (N-methyl/N-ethyl adjacent to an activating group) is 1. The summed E-state index contributed by atoms with van der Waals surface area (Å²) in [5, 5.41) is 0. The molecule has 1 aliphatic carbocycles. The smallest absolute Gasteiger partial charge is 0.416 e. The van der Waals surface area contributed by atoms with Crippen molar-refractivity contribution in [2.45, 2.75) is 39.4 Å². The zero-order chi connectivity index (χ0) is 24.0. The highest BCUT2D eigenvalue weighted by Crippen LogP contribution is 2.60. The van der Waals surface area contributed by atoms with Gasteiger partial charge in [0.1, 0.15) is 10.3 Å². The molecule has 1 aromatic rings. The molecule has 0 N–H and O–H groups in total.